The summed E-state index contributed by atoms with van der Waals surface area (Å²) >= 11 is 0. The summed E-state index contributed by atoms with van der Waals surface area (Å²) in [7, 11) is 0. The van der Waals surface area contributed by atoms with Gasteiger partial charge in [0.1, 0.15) is 6.61 Å². The number of cyclic esters (lactones) is 1. The van der Waals surface area contributed by atoms with Gasteiger partial charge < -0.3 is 18.9 Å². The van der Waals surface area contributed by atoms with Crippen molar-refractivity contribution < 1.29 is 33.3 Å². The molecule has 2 fully saturated rings. The number of rotatable bonds is 6. The second-order valence-corrected chi connectivity index (χ2v) is 6.23. The van der Waals surface area contributed by atoms with Gasteiger partial charge in [-0.3, -0.25) is 9.59 Å². The number of hydrogen-bond acceptors (Lipinski definition) is 7. The average molecular weight is 340 g/mol. The maximum absolute atomic E-state index is 12.3. The molecule has 2 aliphatic rings. The third kappa shape index (κ3) is 4.80. The van der Waals surface area contributed by atoms with Gasteiger partial charge in [0.15, 0.2) is 18.3 Å². The first-order valence-electron chi connectivity index (χ1n) is 8.27. The minimum atomic E-state index is -1.29. The normalized spacial score (nSPS) is 25.7. The summed E-state index contributed by atoms with van der Waals surface area (Å²) in [4.78, 5) is 35.6. The summed E-state index contributed by atoms with van der Waals surface area (Å²) in [6.07, 6.45) is 3.55. The summed E-state index contributed by atoms with van der Waals surface area (Å²) in [5, 5.41) is 0. The molecule has 0 N–H and O–H groups in total. The van der Waals surface area contributed by atoms with E-state index in [1.807, 2.05) is 0 Å². The van der Waals surface area contributed by atoms with E-state index < -0.39 is 36.2 Å². The van der Waals surface area contributed by atoms with E-state index in [4.69, 9.17) is 18.9 Å². The van der Waals surface area contributed by atoms with Crippen molar-refractivity contribution in [1.29, 1.82) is 0 Å². The van der Waals surface area contributed by atoms with Crippen LogP contribution in [-0.4, -0.2) is 43.0 Å². The number of esters is 3. The van der Waals surface area contributed by atoms with Gasteiger partial charge in [0.05, 0.1) is 6.10 Å². The van der Waals surface area contributed by atoms with Crippen molar-refractivity contribution in [2.24, 2.45) is 5.92 Å². The lowest BCUT2D eigenvalue weighted by molar-refractivity contribution is -0.194. The molecule has 1 aliphatic carbocycles. The molecule has 0 aromatic carbocycles. The van der Waals surface area contributed by atoms with Crippen molar-refractivity contribution in [2.45, 2.75) is 64.4 Å². The van der Waals surface area contributed by atoms with Crippen LogP contribution in [0.5, 0.6) is 0 Å². The predicted octanol–water partition coefficient (Wildman–Crippen LogP) is 1.89. The SMILES string of the molecule is C=C(C)C(=O)OC1COC(=O)C1C(=O)OC(C)OC1CCCCC1. The highest BCUT2D eigenvalue weighted by molar-refractivity contribution is 5.97. The third-order valence-corrected chi connectivity index (χ3v) is 4.09. The predicted molar refractivity (Wildman–Crippen MR) is 82.7 cm³/mol. The Kier molecular flexibility index (Phi) is 6.36. The van der Waals surface area contributed by atoms with E-state index >= 15 is 0 Å². The molecule has 1 aliphatic heterocycles. The molecule has 7 heteroatoms. The second kappa shape index (κ2) is 8.28. The number of ether oxygens (including phenoxy) is 4. The van der Waals surface area contributed by atoms with Gasteiger partial charge in [0.25, 0.3) is 0 Å². The first-order chi connectivity index (χ1) is 11.4. The monoisotopic (exact) mass is 340 g/mol. The Bertz CT molecular complexity index is 507. The van der Waals surface area contributed by atoms with Gasteiger partial charge in [-0.1, -0.05) is 25.8 Å². The van der Waals surface area contributed by atoms with Crippen molar-refractivity contribution in [3.8, 4) is 0 Å². The van der Waals surface area contributed by atoms with E-state index in [-0.39, 0.29) is 18.3 Å². The van der Waals surface area contributed by atoms with Gasteiger partial charge in [0.2, 0.25) is 0 Å². The fraction of sp³-hybridized carbons (Fsp3) is 0.706. The van der Waals surface area contributed by atoms with Crippen molar-refractivity contribution in [3.63, 3.8) is 0 Å². The molecule has 0 bridgehead atoms. The molecular formula is C17H24O7. The van der Waals surface area contributed by atoms with Crippen LogP contribution in [0.1, 0.15) is 46.0 Å². The Balaban J connectivity index is 1.89. The minimum absolute atomic E-state index is 0.0640. The second-order valence-electron chi connectivity index (χ2n) is 6.23. The van der Waals surface area contributed by atoms with E-state index in [0.717, 1.165) is 25.7 Å². The molecule has 1 saturated carbocycles. The lowest BCUT2D eigenvalue weighted by Crippen LogP contribution is -2.37. The highest BCUT2D eigenvalue weighted by atomic mass is 16.7. The van der Waals surface area contributed by atoms with E-state index in [1.165, 1.54) is 13.3 Å². The Morgan fingerprint density at radius 3 is 2.54 bits per heavy atom. The van der Waals surface area contributed by atoms with Gasteiger partial charge in [-0.15, -0.1) is 0 Å². The van der Waals surface area contributed by atoms with E-state index in [9.17, 15) is 14.4 Å². The van der Waals surface area contributed by atoms with E-state index in [1.54, 1.807) is 6.92 Å². The topological polar surface area (TPSA) is 88.1 Å². The summed E-state index contributed by atoms with van der Waals surface area (Å²) in [6.45, 7) is 6.38. The van der Waals surface area contributed by atoms with Crippen LogP contribution >= 0.6 is 0 Å². The maximum atomic E-state index is 12.3. The number of hydrogen-bond donors (Lipinski definition) is 0. The quantitative estimate of drug-likeness (QED) is 0.240. The molecule has 0 aromatic rings. The first kappa shape index (κ1) is 18.4. The zero-order chi connectivity index (χ0) is 17.7. The van der Waals surface area contributed by atoms with Crippen LogP contribution in [0.4, 0.5) is 0 Å². The van der Waals surface area contributed by atoms with Crippen molar-refractivity contribution in [2.75, 3.05) is 6.61 Å². The van der Waals surface area contributed by atoms with Crippen LogP contribution in [0, 0.1) is 5.92 Å². The average Bonchev–Trinajstić information content (AvgIpc) is 2.88. The maximum Gasteiger partial charge on any atom is 0.333 e. The largest absolute Gasteiger partial charge is 0.461 e. The summed E-state index contributed by atoms with van der Waals surface area (Å²) in [5.74, 6) is -3.53. The molecule has 24 heavy (non-hydrogen) atoms. The smallest absolute Gasteiger partial charge is 0.333 e. The van der Waals surface area contributed by atoms with Gasteiger partial charge in [0, 0.05) is 5.57 Å². The molecule has 0 radical (unpaired) electrons. The Morgan fingerprint density at radius 1 is 1.25 bits per heavy atom. The van der Waals surface area contributed by atoms with E-state index in [2.05, 4.69) is 6.58 Å². The zero-order valence-corrected chi connectivity index (χ0v) is 14.1. The zero-order valence-electron chi connectivity index (χ0n) is 14.1. The van der Waals surface area contributed by atoms with Crippen molar-refractivity contribution >= 4 is 17.9 Å². The molecule has 3 atom stereocenters. The van der Waals surface area contributed by atoms with Crippen LogP contribution in [0.2, 0.25) is 0 Å². The first-order valence-corrected chi connectivity index (χ1v) is 8.27. The third-order valence-electron chi connectivity index (χ3n) is 4.09. The molecule has 2 rings (SSSR count). The molecule has 0 aromatic heterocycles. The minimum Gasteiger partial charge on any atom is -0.461 e. The summed E-state index contributed by atoms with van der Waals surface area (Å²) < 4.78 is 20.8. The standard InChI is InChI=1S/C17H24O7/c1-10(2)15(18)24-13-9-21-16(19)14(13)17(20)23-11(3)22-12-7-5-4-6-8-12/h11-14H,1,4-9H2,2-3H3. The molecule has 1 heterocycles. The molecule has 0 amide bonds. The lowest BCUT2D eigenvalue weighted by atomic mass is 9.98. The fourth-order valence-corrected chi connectivity index (χ4v) is 2.83. The van der Waals surface area contributed by atoms with Crippen LogP contribution in [0.25, 0.3) is 0 Å². The number of carbonyl (C=O) groups excluding carboxylic acids is 3. The van der Waals surface area contributed by atoms with Crippen molar-refractivity contribution in [3.05, 3.63) is 12.2 Å². The number of carbonyl (C=O) groups is 3. The van der Waals surface area contributed by atoms with Crippen LogP contribution < -0.4 is 0 Å². The molecule has 7 nitrogen and oxygen atoms in total. The van der Waals surface area contributed by atoms with Gasteiger partial charge in [-0.05, 0) is 26.7 Å². The Morgan fingerprint density at radius 2 is 1.92 bits per heavy atom. The molecule has 0 spiro atoms. The highest BCUT2D eigenvalue weighted by Crippen LogP contribution is 2.24. The van der Waals surface area contributed by atoms with Gasteiger partial charge >= 0.3 is 17.9 Å². The lowest BCUT2D eigenvalue weighted by Gasteiger charge is -2.26. The van der Waals surface area contributed by atoms with Crippen LogP contribution in [0.3, 0.4) is 0 Å². The fourth-order valence-electron chi connectivity index (χ4n) is 2.83. The molecular weight excluding hydrogens is 316 g/mol. The molecule has 134 valence electrons. The molecule has 1 saturated heterocycles. The summed E-state index contributed by atoms with van der Waals surface area (Å²) in [6, 6.07) is 0. The van der Waals surface area contributed by atoms with Crippen LogP contribution in [-0.2, 0) is 33.3 Å². The van der Waals surface area contributed by atoms with Crippen molar-refractivity contribution in [1.82, 2.24) is 0 Å². The van der Waals surface area contributed by atoms with Gasteiger partial charge in [-0.2, -0.15) is 0 Å². The highest BCUT2D eigenvalue weighted by Gasteiger charge is 2.46. The Hall–Kier alpha value is -1.89. The van der Waals surface area contributed by atoms with Crippen LogP contribution in [0.15, 0.2) is 12.2 Å². The van der Waals surface area contributed by atoms with E-state index in [0.29, 0.717) is 0 Å². The molecule has 3 unspecified atom stereocenters. The summed E-state index contributed by atoms with van der Waals surface area (Å²) in [5.41, 5.74) is 0.176. The van der Waals surface area contributed by atoms with Gasteiger partial charge in [-0.25, -0.2) is 4.79 Å². The Labute approximate surface area is 141 Å².